The Bertz CT molecular complexity index is 1300. The van der Waals surface area contributed by atoms with Crippen LogP contribution in [-0.4, -0.2) is 38.9 Å². The van der Waals surface area contributed by atoms with Gasteiger partial charge in [-0.15, -0.1) is 0 Å². The molecule has 2 N–H and O–H groups in total. The van der Waals surface area contributed by atoms with Gasteiger partial charge >= 0.3 is 0 Å². The van der Waals surface area contributed by atoms with Gasteiger partial charge in [-0.25, -0.2) is 4.98 Å². The molecule has 0 bridgehead atoms. The molecule has 0 radical (unpaired) electrons. The lowest BCUT2D eigenvalue weighted by Crippen LogP contribution is -2.52. The molecule has 6 heteroatoms. The molecule has 2 heterocycles. The molecule has 0 saturated carbocycles. The van der Waals surface area contributed by atoms with Crippen LogP contribution in [0.25, 0.3) is 22.4 Å². The molecule has 2 amide bonds. The minimum absolute atomic E-state index is 0.0123. The molecule has 1 aliphatic heterocycles. The van der Waals surface area contributed by atoms with Crippen molar-refractivity contribution in [3.05, 3.63) is 90.5 Å². The monoisotopic (exact) mass is 452 g/mol. The number of aryl methyl sites for hydroxylation is 1. The number of aromatic nitrogens is 2. The fraction of sp³-hybridized carbons (Fsp3) is 0.250. The number of carbonyl (C=O) groups is 2. The fourth-order valence-corrected chi connectivity index (χ4v) is 4.99. The van der Waals surface area contributed by atoms with E-state index in [-0.39, 0.29) is 11.9 Å². The number of imidazole rings is 1. The Hall–Kier alpha value is -3.93. The molecule has 5 rings (SSSR count). The number of rotatable bonds is 6. The summed E-state index contributed by atoms with van der Waals surface area (Å²) in [6.45, 7) is 0.493. The maximum absolute atomic E-state index is 13.1. The van der Waals surface area contributed by atoms with E-state index in [1.165, 1.54) is 0 Å². The van der Waals surface area contributed by atoms with Crippen LogP contribution in [0.2, 0.25) is 0 Å². The van der Waals surface area contributed by atoms with Gasteiger partial charge in [0.15, 0.2) is 0 Å². The number of hydrogen-bond donors (Lipinski definition) is 1. The largest absolute Gasteiger partial charge is 0.368 e. The van der Waals surface area contributed by atoms with Gasteiger partial charge in [-0.05, 0) is 37.0 Å². The molecule has 2 unspecified atom stereocenters. The molecular weight excluding hydrogens is 424 g/mol. The van der Waals surface area contributed by atoms with Gasteiger partial charge in [0.1, 0.15) is 11.9 Å². The van der Waals surface area contributed by atoms with E-state index in [9.17, 15) is 9.59 Å². The van der Waals surface area contributed by atoms with E-state index in [2.05, 4.69) is 10.6 Å². The molecule has 6 nitrogen and oxygen atoms in total. The number of primary amides is 1. The molecule has 34 heavy (non-hydrogen) atoms. The van der Waals surface area contributed by atoms with Gasteiger partial charge in [0.05, 0.1) is 11.0 Å². The molecule has 0 aliphatic carbocycles. The Morgan fingerprint density at radius 3 is 2.32 bits per heavy atom. The first-order valence-electron chi connectivity index (χ1n) is 11.8. The lowest BCUT2D eigenvalue weighted by Gasteiger charge is -2.39. The number of nitrogens with two attached hydrogens (primary N) is 1. The molecular formula is C28H28N4O2. The van der Waals surface area contributed by atoms with E-state index >= 15 is 0 Å². The Morgan fingerprint density at radius 1 is 0.912 bits per heavy atom. The summed E-state index contributed by atoms with van der Waals surface area (Å²) in [5.41, 5.74) is 9.90. The summed E-state index contributed by atoms with van der Waals surface area (Å²) >= 11 is 0. The van der Waals surface area contributed by atoms with Gasteiger partial charge in [-0.2, -0.15) is 0 Å². The standard InChI is InChI=1S/C28H28N4O2/c29-27(34)25-19-22(17-18-31(25)26(33)16-15-20-9-3-1-4-10-20)32-24-14-8-7-13-23(24)30-28(32)21-11-5-2-6-12-21/h1-14,22,25H,15-19H2,(H2,29,34). The first-order chi connectivity index (χ1) is 16.6. The molecule has 3 aromatic carbocycles. The quantitative estimate of drug-likeness (QED) is 0.472. The lowest BCUT2D eigenvalue weighted by molar-refractivity contribution is -0.141. The predicted octanol–water partition coefficient (Wildman–Crippen LogP) is 4.35. The Balaban J connectivity index is 1.42. The van der Waals surface area contributed by atoms with Crippen LogP contribution in [0.1, 0.15) is 30.9 Å². The number of para-hydroxylation sites is 2. The average molecular weight is 453 g/mol. The maximum Gasteiger partial charge on any atom is 0.240 e. The van der Waals surface area contributed by atoms with Crippen molar-refractivity contribution in [3.8, 4) is 11.4 Å². The predicted molar refractivity (Wildman–Crippen MR) is 133 cm³/mol. The topological polar surface area (TPSA) is 81.2 Å². The minimum Gasteiger partial charge on any atom is -0.368 e. The first-order valence-corrected chi connectivity index (χ1v) is 11.8. The summed E-state index contributed by atoms with van der Waals surface area (Å²) in [7, 11) is 0. The zero-order valence-electron chi connectivity index (χ0n) is 19.0. The highest BCUT2D eigenvalue weighted by Gasteiger charge is 2.36. The summed E-state index contributed by atoms with van der Waals surface area (Å²) in [6, 6.07) is 27.4. The fourth-order valence-electron chi connectivity index (χ4n) is 4.99. The SMILES string of the molecule is NC(=O)C1CC(n2c(-c3ccccc3)nc3ccccc32)CCN1C(=O)CCc1ccccc1. The van der Waals surface area contributed by atoms with Crippen LogP contribution < -0.4 is 5.73 Å². The van der Waals surface area contributed by atoms with Gasteiger partial charge in [0.2, 0.25) is 11.8 Å². The molecule has 0 spiro atoms. The second-order valence-electron chi connectivity index (χ2n) is 8.83. The molecule has 2 atom stereocenters. The Labute approximate surface area is 199 Å². The summed E-state index contributed by atoms with van der Waals surface area (Å²) < 4.78 is 2.23. The van der Waals surface area contributed by atoms with Crippen LogP contribution in [0.5, 0.6) is 0 Å². The number of nitrogens with zero attached hydrogens (tertiary/aromatic N) is 3. The highest BCUT2D eigenvalue weighted by atomic mass is 16.2. The number of piperidine rings is 1. The zero-order chi connectivity index (χ0) is 23.5. The van der Waals surface area contributed by atoms with Gasteiger partial charge < -0.3 is 15.2 Å². The van der Waals surface area contributed by atoms with E-state index in [4.69, 9.17) is 10.7 Å². The number of amides is 2. The normalized spacial score (nSPS) is 18.2. The van der Waals surface area contributed by atoms with Crippen molar-refractivity contribution in [1.29, 1.82) is 0 Å². The van der Waals surface area contributed by atoms with Gasteiger partial charge in [-0.1, -0.05) is 72.8 Å². The Morgan fingerprint density at radius 2 is 1.59 bits per heavy atom. The van der Waals surface area contributed by atoms with Crippen LogP contribution in [-0.2, 0) is 16.0 Å². The van der Waals surface area contributed by atoms with E-state index in [1.54, 1.807) is 4.90 Å². The van der Waals surface area contributed by atoms with E-state index in [1.807, 2.05) is 78.9 Å². The van der Waals surface area contributed by atoms with Crippen molar-refractivity contribution in [2.75, 3.05) is 6.54 Å². The van der Waals surface area contributed by atoms with E-state index < -0.39 is 11.9 Å². The van der Waals surface area contributed by atoms with Crippen LogP contribution >= 0.6 is 0 Å². The highest BCUT2D eigenvalue weighted by Crippen LogP contribution is 2.35. The molecule has 172 valence electrons. The van der Waals surface area contributed by atoms with Crippen molar-refractivity contribution in [1.82, 2.24) is 14.5 Å². The van der Waals surface area contributed by atoms with Gasteiger partial charge in [-0.3, -0.25) is 9.59 Å². The number of hydrogen-bond acceptors (Lipinski definition) is 3. The second-order valence-corrected chi connectivity index (χ2v) is 8.83. The minimum atomic E-state index is -0.633. The van der Waals surface area contributed by atoms with Crippen molar-refractivity contribution in [3.63, 3.8) is 0 Å². The van der Waals surface area contributed by atoms with Crippen LogP contribution in [0.15, 0.2) is 84.9 Å². The number of fused-ring (bicyclic) bond motifs is 1. The highest BCUT2D eigenvalue weighted by molar-refractivity contribution is 5.87. The van der Waals surface area contributed by atoms with Crippen molar-refractivity contribution >= 4 is 22.8 Å². The summed E-state index contributed by atoms with van der Waals surface area (Å²) in [6.07, 6.45) is 2.23. The molecule has 1 aliphatic rings. The number of likely N-dealkylation sites (tertiary alicyclic amines) is 1. The summed E-state index contributed by atoms with van der Waals surface area (Å²) in [5, 5.41) is 0. The van der Waals surface area contributed by atoms with Gasteiger partial charge in [0, 0.05) is 24.6 Å². The lowest BCUT2D eigenvalue weighted by atomic mass is 9.94. The van der Waals surface area contributed by atoms with Crippen molar-refractivity contribution in [2.24, 2.45) is 5.73 Å². The first kappa shape index (κ1) is 21.9. The second kappa shape index (κ2) is 9.51. The molecule has 1 aromatic heterocycles. The van der Waals surface area contributed by atoms with Crippen LogP contribution in [0, 0.1) is 0 Å². The third-order valence-electron chi connectivity index (χ3n) is 6.69. The van der Waals surface area contributed by atoms with Crippen molar-refractivity contribution < 1.29 is 9.59 Å². The van der Waals surface area contributed by atoms with Crippen LogP contribution in [0.4, 0.5) is 0 Å². The Kier molecular flexibility index (Phi) is 6.12. The molecule has 1 saturated heterocycles. The summed E-state index contributed by atoms with van der Waals surface area (Å²) in [5.74, 6) is 0.396. The van der Waals surface area contributed by atoms with E-state index in [0.717, 1.165) is 34.4 Å². The molecule has 1 fully saturated rings. The van der Waals surface area contributed by atoms with Crippen molar-refractivity contribution in [2.45, 2.75) is 37.8 Å². The van der Waals surface area contributed by atoms with Crippen LogP contribution in [0.3, 0.4) is 0 Å². The maximum atomic E-state index is 13.1. The third-order valence-corrected chi connectivity index (χ3v) is 6.69. The smallest absolute Gasteiger partial charge is 0.240 e. The molecule has 4 aromatic rings. The third kappa shape index (κ3) is 4.31. The number of benzene rings is 3. The zero-order valence-corrected chi connectivity index (χ0v) is 19.0. The average Bonchev–Trinajstić information content (AvgIpc) is 3.28. The van der Waals surface area contributed by atoms with Gasteiger partial charge in [0.25, 0.3) is 0 Å². The number of carbonyl (C=O) groups excluding carboxylic acids is 2. The summed E-state index contributed by atoms with van der Waals surface area (Å²) in [4.78, 5) is 32.2. The van der Waals surface area contributed by atoms with E-state index in [0.29, 0.717) is 25.8 Å².